The van der Waals surface area contributed by atoms with Crippen molar-refractivity contribution in [3.8, 4) is 0 Å². The summed E-state index contributed by atoms with van der Waals surface area (Å²) in [7, 11) is -4.49. The third kappa shape index (κ3) is 5.56. The van der Waals surface area contributed by atoms with Gasteiger partial charge >= 0.3 is 13.6 Å². The summed E-state index contributed by atoms with van der Waals surface area (Å²) >= 11 is 0. The van der Waals surface area contributed by atoms with Gasteiger partial charge in [-0.1, -0.05) is 13.8 Å². The second-order valence-corrected chi connectivity index (χ2v) is 5.98. The predicted octanol–water partition coefficient (Wildman–Crippen LogP) is 0.519. The lowest BCUT2D eigenvalue weighted by Crippen LogP contribution is -2.40. The molecular formula is C10H22NO7P. The smallest absolute Gasteiger partial charge is 0.357 e. The molecule has 0 fully saturated rings. The fraction of sp³-hybridized carbons (Fsp3) is 0.900. The molecule has 0 rings (SSSR count). The summed E-state index contributed by atoms with van der Waals surface area (Å²) in [6.45, 7) is 4.10. The van der Waals surface area contributed by atoms with Crippen LogP contribution in [0.5, 0.6) is 0 Å². The summed E-state index contributed by atoms with van der Waals surface area (Å²) in [5.41, 5.74) is 0. The SMILES string of the molecule is CCC(CC)(OC(CON)COC(C)=O)P(=O)(O)O. The third-order valence-electron chi connectivity index (χ3n) is 2.78. The van der Waals surface area contributed by atoms with Gasteiger partial charge in [-0.3, -0.25) is 9.36 Å². The van der Waals surface area contributed by atoms with Gasteiger partial charge in [-0.2, -0.15) is 0 Å². The summed E-state index contributed by atoms with van der Waals surface area (Å²) in [5, 5.41) is -1.63. The third-order valence-corrected chi connectivity index (χ3v) is 4.58. The minimum absolute atomic E-state index is 0.106. The minimum atomic E-state index is -4.49. The van der Waals surface area contributed by atoms with Crippen LogP contribution in [-0.2, 0) is 23.7 Å². The Morgan fingerprint density at radius 3 is 2.16 bits per heavy atom. The van der Waals surface area contributed by atoms with E-state index in [2.05, 4.69) is 4.84 Å². The highest BCUT2D eigenvalue weighted by Gasteiger charge is 2.46. The van der Waals surface area contributed by atoms with Crippen molar-refractivity contribution in [2.45, 2.75) is 45.1 Å². The molecule has 0 aliphatic carbocycles. The lowest BCUT2D eigenvalue weighted by Gasteiger charge is -2.35. The van der Waals surface area contributed by atoms with E-state index in [0.717, 1.165) is 0 Å². The highest BCUT2D eigenvalue weighted by molar-refractivity contribution is 7.53. The zero-order valence-electron chi connectivity index (χ0n) is 11.4. The van der Waals surface area contributed by atoms with Gasteiger partial charge in [0.15, 0.2) is 5.34 Å². The van der Waals surface area contributed by atoms with Gasteiger partial charge in [0.05, 0.1) is 6.61 Å². The van der Waals surface area contributed by atoms with E-state index in [1.807, 2.05) is 0 Å². The average molecular weight is 299 g/mol. The van der Waals surface area contributed by atoms with Crippen LogP contribution in [0.3, 0.4) is 0 Å². The number of rotatable bonds is 9. The number of esters is 1. The predicted molar refractivity (Wildman–Crippen MR) is 67.0 cm³/mol. The monoisotopic (exact) mass is 299 g/mol. The molecule has 0 bridgehead atoms. The second kappa shape index (κ2) is 7.94. The Bertz CT molecular complexity index is 326. The molecule has 114 valence electrons. The second-order valence-electron chi connectivity index (χ2n) is 4.07. The highest BCUT2D eigenvalue weighted by Crippen LogP contribution is 2.55. The summed E-state index contributed by atoms with van der Waals surface area (Å²) < 4.78 is 21.8. The van der Waals surface area contributed by atoms with E-state index in [1.54, 1.807) is 13.8 Å². The molecule has 1 unspecified atom stereocenters. The highest BCUT2D eigenvalue weighted by atomic mass is 31.2. The van der Waals surface area contributed by atoms with Crippen molar-refractivity contribution in [3.63, 3.8) is 0 Å². The number of nitrogens with two attached hydrogens (primary N) is 1. The molecule has 8 nitrogen and oxygen atoms in total. The van der Waals surface area contributed by atoms with Crippen molar-refractivity contribution in [2.75, 3.05) is 13.2 Å². The van der Waals surface area contributed by atoms with Crippen LogP contribution in [0.2, 0.25) is 0 Å². The Balaban J connectivity index is 4.94. The van der Waals surface area contributed by atoms with E-state index >= 15 is 0 Å². The first-order chi connectivity index (χ1) is 8.72. The van der Waals surface area contributed by atoms with Crippen LogP contribution in [0.25, 0.3) is 0 Å². The molecule has 19 heavy (non-hydrogen) atoms. The topological polar surface area (TPSA) is 128 Å². The van der Waals surface area contributed by atoms with Crippen LogP contribution in [-0.4, -0.2) is 40.4 Å². The molecule has 0 spiro atoms. The molecule has 0 radical (unpaired) electrons. The van der Waals surface area contributed by atoms with Gasteiger partial charge in [0, 0.05) is 6.92 Å². The van der Waals surface area contributed by atoms with E-state index in [-0.39, 0.29) is 26.1 Å². The maximum Gasteiger partial charge on any atom is 0.357 e. The van der Waals surface area contributed by atoms with Gasteiger partial charge in [0.2, 0.25) is 0 Å². The standard InChI is InChI=1S/C10H22NO7P/c1-4-10(5-2,19(13,14)15)18-9(7-17-11)6-16-8(3)12/h9H,4-7,11H2,1-3H3,(H2,13,14,15). The quantitative estimate of drug-likeness (QED) is 0.319. The summed E-state index contributed by atoms with van der Waals surface area (Å²) in [6.07, 6.45) is -0.634. The van der Waals surface area contributed by atoms with Crippen molar-refractivity contribution < 1.29 is 33.5 Å². The normalized spacial score (nSPS) is 14.2. The molecular weight excluding hydrogens is 277 g/mol. The molecule has 0 aromatic heterocycles. The maximum absolute atomic E-state index is 11.6. The van der Waals surface area contributed by atoms with Crippen molar-refractivity contribution in [3.05, 3.63) is 0 Å². The molecule has 0 aromatic carbocycles. The zero-order valence-corrected chi connectivity index (χ0v) is 12.3. The zero-order chi connectivity index (χ0) is 15.1. The van der Waals surface area contributed by atoms with Gasteiger partial charge < -0.3 is 24.1 Å². The van der Waals surface area contributed by atoms with E-state index in [1.165, 1.54) is 6.92 Å². The molecule has 0 aliphatic rings. The van der Waals surface area contributed by atoms with Crippen LogP contribution < -0.4 is 5.90 Å². The Morgan fingerprint density at radius 1 is 1.32 bits per heavy atom. The maximum atomic E-state index is 11.6. The van der Waals surface area contributed by atoms with Crippen molar-refractivity contribution >= 4 is 13.6 Å². The minimum Gasteiger partial charge on any atom is -0.463 e. The van der Waals surface area contributed by atoms with Crippen molar-refractivity contribution in [2.24, 2.45) is 5.90 Å². The lowest BCUT2D eigenvalue weighted by molar-refractivity contribution is -0.154. The van der Waals surface area contributed by atoms with Gasteiger partial charge in [-0.05, 0) is 12.8 Å². The molecule has 0 saturated carbocycles. The Morgan fingerprint density at radius 2 is 1.84 bits per heavy atom. The molecule has 0 aromatic rings. The Kier molecular flexibility index (Phi) is 7.73. The number of carbonyl (C=O) groups is 1. The van der Waals surface area contributed by atoms with Crippen LogP contribution in [0.15, 0.2) is 0 Å². The first-order valence-corrected chi connectivity index (χ1v) is 7.52. The summed E-state index contributed by atoms with van der Waals surface area (Å²) in [6, 6.07) is 0. The lowest BCUT2D eigenvalue weighted by atomic mass is 10.2. The fourth-order valence-corrected chi connectivity index (χ4v) is 2.75. The molecule has 0 saturated heterocycles. The van der Waals surface area contributed by atoms with E-state index in [9.17, 15) is 19.1 Å². The van der Waals surface area contributed by atoms with E-state index < -0.39 is 25.0 Å². The number of hydrogen-bond donors (Lipinski definition) is 3. The van der Waals surface area contributed by atoms with Gasteiger partial charge in [-0.25, -0.2) is 5.90 Å². The van der Waals surface area contributed by atoms with Crippen molar-refractivity contribution in [1.29, 1.82) is 0 Å². The number of ether oxygens (including phenoxy) is 2. The summed E-state index contributed by atoms with van der Waals surface area (Å²) in [4.78, 5) is 34.0. The van der Waals surface area contributed by atoms with Gasteiger partial charge in [0.25, 0.3) is 0 Å². The number of hydrogen-bond acceptors (Lipinski definition) is 6. The van der Waals surface area contributed by atoms with Crippen LogP contribution in [0.1, 0.15) is 33.6 Å². The first-order valence-electron chi connectivity index (χ1n) is 5.91. The van der Waals surface area contributed by atoms with Crippen LogP contribution >= 0.6 is 7.60 Å². The fourth-order valence-electron chi connectivity index (χ4n) is 1.64. The van der Waals surface area contributed by atoms with Crippen LogP contribution in [0.4, 0.5) is 0 Å². The molecule has 0 aliphatic heterocycles. The Labute approximate surface area is 112 Å². The van der Waals surface area contributed by atoms with Gasteiger partial charge in [0.1, 0.15) is 12.7 Å². The van der Waals surface area contributed by atoms with E-state index in [4.69, 9.17) is 15.4 Å². The Hall–Kier alpha value is -0.500. The molecule has 0 heterocycles. The van der Waals surface area contributed by atoms with Gasteiger partial charge in [-0.15, -0.1) is 0 Å². The average Bonchev–Trinajstić information content (AvgIpc) is 2.31. The summed E-state index contributed by atoms with van der Waals surface area (Å²) in [5.74, 6) is 4.40. The molecule has 0 amide bonds. The first kappa shape index (κ1) is 18.5. The number of carbonyl (C=O) groups excluding carboxylic acids is 1. The van der Waals surface area contributed by atoms with Crippen molar-refractivity contribution in [1.82, 2.24) is 0 Å². The largest absolute Gasteiger partial charge is 0.463 e. The molecule has 9 heteroatoms. The van der Waals surface area contributed by atoms with E-state index in [0.29, 0.717) is 0 Å². The molecule has 1 atom stereocenters. The molecule has 4 N–H and O–H groups in total. The van der Waals surface area contributed by atoms with Crippen LogP contribution in [0, 0.1) is 0 Å².